The van der Waals surface area contributed by atoms with Gasteiger partial charge in [0.15, 0.2) is 0 Å². The molecule has 0 saturated carbocycles. The summed E-state index contributed by atoms with van der Waals surface area (Å²) in [5.41, 5.74) is 0.573. The molecule has 1 aliphatic heterocycles. The maximum Gasteiger partial charge on any atom is 0.0343 e. The molecule has 0 aromatic carbocycles. The third-order valence-corrected chi connectivity index (χ3v) is 4.21. The lowest BCUT2D eigenvalue weighted by molar-refractivity contribution is 0.348. The van der Waals surface area contributed by atoms with Crippen LogP contribution in [0, 0.1) is 11.3 Å². The van der Waals surface area contributed by atoms with Crippen LogP contribution in [0.2, 0.25) is 0 Å². The lowest BCUT2D eigenvalue weighted by atomic mass is 9.76. The summed E-state index contributed by atoms with van der Waals surface area (Å²) < 4.78 is 0. The number of hydrogen-bond acceptors (Lipinski definition) is 1. The van der Waals surface area contributed by atoms with E-state index < -0.39 is 0 Å². The Labute approximate surface area is 94.6 Å². The van der Waals surface area contributed by atoms with Crippen molar-refractivity contribution in [3.8, 4) is 0 Å². The standard InChI is InChI=1S/C14H25N/c1-7-9-10-13(5,8-2)12-14(6,15-12)11(3)4/h7,9-12,15H,1,8H2,2-6H3/b10-9-/t12-,13?,14-/m0/s1. The summed E-state index contributed by atoms with van der Waals surface area (Å²) in [6.07, 6.45) is 7.40. The molecule has 0 bridgehead atoms. The topological polar surface area (TPSA) is 21.9 Å². The zero-order valence-corrected chi connectivity index (χ0v) is 10.8. The van der Waals surface area contributed by atoms with Crippen LogP contribution in [0.5, 0.6) is 0 Å². The Morgan fingerprint density at radius 3 is 2.47 bits per heavy atom. The van der Waals surface area contributed by atoms with Gasteiger partial charge in [-0.05, 0) is 19.3 Å². The van der Waals surface area contributed by atoms with E-state index in [9.17, 15) is 0 Å². The SMILES string of the molecule is C=C/C=C\C(C)(CC)[C@@H]1N[C@@]1(C)C(C)C. The van der Waals surface area contributed by atoms with Crippen molar-refractivity contribution in [2.45, 2.75) is 52.6 Å². The fourth-order valence-electron chi connectivity index (χ4n) is 2.33. The van der Waals surface area contributed by atoms with Crippen LogP contribution < -0.4 is 5.32 Å². The molecule has 1 N–H and O–H groups in total. The quantitative estimate of drug-likeness (QED) is 0.540. The molecule has 0 amide bonds. The molecule has 0 aliphatic carbocycles. The summed E-state index contributed by atoms with van der Waals surface area (Å²) in [6.45, 7) is 15.2. The summed E-state index contributed by atoms with van der Waals surface area (Å²) in [4.78, 5) is 0. The number of allylic oxidation sites excluding steroid dienone is 2. The van der Waals surface area contributed by atoms with Gasteiger partial charge < -0.3 is 5.32 Å². The molecule has 1 heteroatoms. The Bertz CT molecular complexity index is 267. The Hall–Kier alpha value is -0.560. The van der Waals surface area contributed by atoms with E-state index in [0.717, 1.165) is 6.42 Å². The average molecular weight is 207 g/mol. The van der Waals surface area contributed by atoms with E-state index in [-0.39, 0.29) is 5.41 Å². The van der Waals surface area contributed by atoms with Gasteiger partial charge in [0.1, 0.15) is 0 Å². The highest BCUT2D eigenvalue weighted by Crippen LogP contribution is 2.46. The molecule has 0 radical (unpaired) electrons. The predicted octanol–water partition coefficient (Wildman–Crippen LogP) is 3.53. The first-order valence-electron chi connectivity index (χ1n) is 5.98. The Balaban J connectivity index is 2.79. The second kappa shape index (κ2) is 4.13. The first kappa shape index (κ1) is 12.5. The fraction of sp³-hybridized carbons (Fsp3) is 0.714. The van der Waals surface area contributed by atoms with Crippen molar-refractivity contribution >= 4 is 0 Å². The van der Waals surface area contributed by atoms with Crippen LogP contribution in [0.15, 0.2) is 24.8 Å². The molecule has 1 nitrogen and oxygen atoms in total. The van der Waals surface area contributed by atoms with Gasteiger partial charge in [0.25, 0.3) is 0 Å². The van der Waals surface area contributed by atoms with Crippen LogP contribution in [0.4, 0.5) is 0 Å². The van der Waals surface area contributed by atoms with Gasteiger partial charge >= 0.3 is 0 Å². The predicted molar refractivity (Wildman–Crippen MR) is 67.9 cm³/mol. The molecular weight excluding hydrogens is 182 g/mol. The largest absolute Gasteiger partial charge is 0.304 e. The van der Waals surface area contributed by atoms with Gasteiger partial charge in [-0.15, -0.1) is 0 Å². The summed E-state index contributed by atoms with van der Waals surface area (Å²) in [7, 11) is 0. The minimum absolute atomic E-state index is 0.257. The molecule has 86 valence electrons. The number of nitrogens with one attached hydrogen (secondary N) is 1. The van der Waals surface area contributed by atoms with E-state index in [0.29, 0.717) is 17.5 Å². The minimum atomic E-state index is 0.257. The Morgan fingerprint density at radius 1 is 1.53 bits per heavy atom. The van der Waals surface area contributed by atoms with Gasteiger partial charge in [0.2, 0.25) is 0 Å². The van der Waals surface area contributed by atoms with Gasteiger partial charge in [0.05, 0.1) is 0 Å². The summed E-state index contributed by atoms with van der Waals surface area (Å²) in [5.74, 6) is 0.686. The first-order chi connectivity index (χ1) is 6.90. The molecule has 1 fully saturated rings. The van der Waals surface area contributed by atoms with Crippen LogP contribution >= 0.6 is 0 Å². The average Bonchev–Trinajstić information content (AvgIpc) is 2.90. The lowest BCUT2D eigenvalue weighted by Crippen LogP contribution is -2.29. The zero-order valence-electron chi connectivity index (χ0n) is 10.8. The highest BCUT2D eigenvalue weighted by molar-refractivity contribution is 5.24. The second-order valence-corrected chi connectivity index (χ2v) is 5.47. The summed E-state index contributed by atoms with van der Waals surface area (Å²) in [5, 5.41) is 3.66. The van der Waals surface area contributed by atoms with Crippen molar-refractivity contribution in [1.29, 1.82) is 0 Å². The maximum atomic E-state index is 3.74. The Morgan fingerprint density at radius 2 is 2.13 bits per heavy atom. The third kappa shape index (κ3) is 2.17. The molecule has 1 heterocycles. The van der Waals surface area contributed by atoms with E-state index in [1.807, 2.05) is 6.08 Å². The van der Waals surface area contributed by atoms with E-state index in [1.54, 1.807) is 0 Å². The molecule has 1 saturated heterocycles. The van der Waals surface area contributed by atoms with Gasteiger partial charge in [0, 0.05) is 17.0 Å². The number of hydrogen-bond donors (Lipinski definition) is 1. The van der Waals surface area contributed by atoms with Gasteiger partial charge in [-0.2, -0.15) is 0 Å². The van der Waals surface area contributed by atoms with E-state index >= 15 is 0 Å². The van der Waals surface area contributed by atoms with Crippen LogP contribution in [0.25, 0.3) is 0 Å². The van der Waals surface area contributed by atoms with Crippen LogP contribution in [-0.4, -0.2) is 11.6 Å². The van der Waals surface area contributed by atoms with Crippen molar-refractivity contribution in [3.63, 3.8) is 0 Å². The van der Waals surface area contributed by atoms with Crippen LogP contribution in [0.1, 0.15) is 41.0 Å². The normalized spacial score (nSPS) is 34.4. The molecular formula is C14H25N. The molecule has 0 aromatic heterocycles. The van der Waals surface area contributed by atoms with Crippen molar-refractivity contribution in [3.05, 3.63) is 24.8 Å². The molecule has 1 unspecified atom stereocenters. The molecule has 0 spiro atoms. The minimum Gasteiger partial charge on any atom is -0.304 e. The van der Waals surface area contributed by atoms with Gasteiger partial charge in [-0.25, -0.2) is 0 Å². The van der Waals surface area contributed by atoms with Crippen molar-refractivity contribution < 1.29 is 0 Å². The third-order valence-electron chi connectivity index (χ3n) is 4.21. The van der Waals surface area contributed by atoms with Gasteiger partial charge in [-0.3, -0.25) is 0 Å². The molecule has 1 rings (SSSR count). The van der Waals surface area contributed by atoms with Crippen LogP contribution in [0.3, 0.4) is 0 Å². The summed E-state index contributed by atoms with van der Waals surface area (Å²) >= 11 is 0. The molecule has 1 aliphatic rings. The lowest BCUT2D eigenvalue weighted by Gasteiger charge is -2.27. The van der Waals surface area contributed by atoms with E-state index in [4.69, 9.17) is 0 Å². The van der Waals surface area contributed by atoms with Crippen molar-refractivity contribution in [1.82, 2.24) is 5.32 Å². The summed E-state index contributed by atoms with van der Waals surface area (Å²) in [6, 6.07) is 0.603. The second-order valence-electron chi connectivity index (χ2n) is 5.47. The van der Waals surface area contributed by atoms with Gasteiger partial charge in [-0.1, -0.05) is 52.5 Å². The van der Waals surface area contributed by atoms with Crippen molar-refractivity contribution in [2.24, 2.45) is 11.3 Å². The maximum absolute atomic E-state index is 3.74. The highest BCUT2D eigenvalue weighted by atomic mass is 15.2. The van der Waals surface area contributed by atoms with E-state index in [1.165, 1.54) is 0 Å². The van der Waals surface area contributed by atoms with E-state index in [2.05, 4.69) is 58.7 Å². The Kier molecular flexibility index (Phi) is 3.44. The monoisotopic (exact) mass is 207 g/mol. The smallest absolute Gasteiger partial charge is 0.0343 e. The molecule has 0 aromatic rings. The number of rotatable bonds is 5. The van der Waals surface area contributed by atoms with Crippen LogP contribution in [-0.2, 0) is 0 Å². The molecule has 15 heavy (non-hydrogen) atoms. The first-order valence-corrected chi connectivity index (χ1v) is 5.98. The zero-order chi connectivity index (χ0) is 11.7. The molecule has 3 atom stereocenters. The highest BCUT2D eigenvalue weighted by Gasteiger charge is 2.58. The van der Waals surface area contributed by atoms with Crippen molar-refractivity contribution in [2.75, 3.05) is 0 Å². The fourth-order valence-corrected chi connectivity index (χ4v) is 2.33.